The summed E-state index contributed by atoms with van der Waals surface area (Å²) in [5.74, 6) is 1.67. The predicted molar refractivity (Wildman–Crippen MR) is 98.8 cm³/mol. The van der Waals surface area contributed by atoms with Crippen molar-refractivity contribution < 1.29 is 4.74 Å². The van der Waals surface area contributed by atoms with Gasteiger partial charge in [0.2, 0.25) is 0 Å². The fourth-order valence-electron chi connectivity index (χ4n) is 3.62. The Morgan fingerprint density at radius 1 is 1.30 bits per heavy atom. The molecule has 0 saturated heterocycles. The molecular weight excluding hydrogens is 302 g/mol. The third-order valence-corrected chi connectivity index (χ3v) is 5.74. The number of hydrogen-bond acceptors (Lipinski definition) is 3. The van der Waals surface area contributed by atoms with Gasteiger partial charge in [-0.1, -0.05) is 13.0 Å². The summed E-state index contributed by atoms with van der Waals surface area (Å²) in [4.78, 5) is 2.61. The van der Waals surface area contributed by atoms with Gasteiger partial charge in [0.15, 0.2) is 0 Å². The number of likely N-dealkylation sites (N-methyl/N-ethyl adjacent to an activating group) is 1. The molecule has 1 aromatic heterocycles. The molecule has 0 radical (unpaired) electrons. The molecule has 2 nitrogen and oxygen atoms in total. The number of aryl methyl sites for hydroxylation is 1. The van der Waals surface area contributed by atoms with Crippen LogP contribution in [0.25, 0.3) is 0 Å². The quantitative estimate of drug-likeness (QED) is 0.727. The SMILES string of the molecule is CCN(CCc1ccsc1)CC1CCCc2cc(OC)ccc21. The van der Waals surface area contributed by atoms with Crippen molar-refractivity contribution in [2.75, 3.05) is 26.7 Å². The summed E-state index contributed by atoms with van der Waals surface area (Å²) in [6.45, 7) is 5.76. The van der Waals surface area contributed by atoms with Crippen LogP contribution in [0.2, 0.25) is 0 Å². The van der Waals surface area contributed by atoms with Crippen LogP contribution >= 0.6 is 11.3 Å². The maximum atomic E-state index is 5.39. The van der Waals surface area contributed by atoms with Crippen LogP contribution in [0.5, 0.6) is 5.75 Å². The summed E-state index contributed by atoms with van der Waals surface area (Å²) < 4.78 is 5.39. The van der Waals surface area contributed by atoms with Crippen LogP contribution in [0.3, 0.4) is 0 Å². The fraction of sp³-hybridized carbons (Fsp3) is 0.500. The highest BCUT2D eigenvalue weighted by Crippen LogP contribution is 2.34. The number of fused-ring (bicyclic) bond motifs is 1. The Hall–Kier alpha value is -1.32. The monoisotopic (exact) mass is 329 g/mol. The number of methoxy groups -OCH3 is 1. The van der Waals surface area contributed by atoms with Crippen molar-refractivity contribution in [1.29, 1.82) is 0 Å². The molecule has 0 fully saturated rings. The van der Waals surface area contributed by atoms with E-state index >= 15 is 0 Å². The van der Waals surface area contributed by atoms with Crippen LogP contribution in [-0.4, -0.2) is 31.6 Å². The largest absolute Gasteiger partial charge is 0.497 e. The average Bonchev–Trinajstić information content (AvgIpc) is 3.11. The fourth-order valence-corrected chi connectivity index (χ4v) is 4.32. The highest BCUT2D eigenvalue weighted by atomic mass is 32.1. The van der Waals surface area contributed by atoms with Crippen LogP contribution < -0.4 is 4.74 Å². The van der Waals surface area contributed by atoms with Crippen LogP contribution in [0, 0.1) is 0 Å². The number of hydrogen-bond donors (Lipinski definition) is 0. The Balaban J connectivity index is 1.65. The van der Waals surface area contributed by atoms with Crippen LogP contribution in [0.15, 0.2) is 35.0 Å². The standard InChI is InChI=1S/C20H27NOS/c1-3-21(11-9-16-10-12-23-15-16)14-18-6-4-5-17-13-19(22-2)7-8-20(17)18/h7-8,10,12-13,15,18H,3-6,9,11,14H2,1-2H3. The minimum absolute atomic E-state index is 0.673. The smallest absolute Gasteiger partial charge is 0.119 e. The third-order valence-electron chi connectivity index (χ3n) is 5.01. The molecule has 0 saturated carbocycles. The van der Waals surface area contributed by atoms with E-state index in [1.165, 1.54) is 43.4 Å². The summed E-state index contributed by atoms with van der Waals surface area (Å²) in [5.41, 5.74) is 4.52. The van der Waals surface area contributed by atoms with Crippen molar-refractivity contribution in [3.05, 3.63) is 51.7 Å². The van der Waals surface area contributed by atoms with E-state index in [0.717, 1.165) is 18.8 Å². The van der Waals surface area contributed by atoms with E-state index in [1.54, 1.807) is 24.0 Å². The average molecular weight is 330 g/mol. The Morgan fingerprint density at radius 3 is 2.96 bits per heavy atom. The lowest BCUT2D eigenvalue weighted by Gasteiger charge is -2.31. The van der Waals surface area contributed by atoms with Crippen molar-refractivity contribution >= 4 is 11.3 Å². The molecule has 0 bridgehead atoms. The van der Waals surface area contributed by atoms with Crippen LogP contribution in [0.4, 0.5) is 0 Å². The van der Waals surface area contributed by atoms with E-state index in [1.807, 2.05) is 0 Å². The molecule has 124 valence electrons. The maximum Gasteiger partial charge on any atom is 0.119 e. The van der Waals surface area contributed by atoms with Crippen LogP contribution in [0.1, 0.15) is 42.4 Å². The zero-order valence-electron chi connectivity index (χ0n) is 14.3. The summed E-state index contributed by atoms with van der Waals surface area (Å²) in [5, 5.41) is 4.45. The predicted octanol–water partition coefficient (Wildman–Crippen LogP) is 4.74. The number of benzene rings is 1. The van der Waals surface area contributed by atoms with Gasteiger partial charge in [-0.25, -0.2) is 0 Å². The lowest BCUT2D eigenvalue weighted by Crippen LogP contribution is -2.31. The van der Waals surface area contributed by atoms with Crippen molar-refractivity contribution in [1.82, 2.24) is 4.90 Å². The van der Waals surface area contributed by atoms with E-state index in [-0.39, 0.29) is 0 Å². The molecule has 1 aliphatic carbocycles. The minimum Gasteiger partial charge on any atom is -0.497 e. The molecule has 3 heteroatoms. The molecule has 0 N–H and O–H groups in total. The Labute approximate surface area is 144 Å². The van der Waals surface area contributed by atoms with E-state index in [4.69, 9.17) is 4.74 Å². The second-order valence-electron chi connectivity index (χ2n) is 6.43. The summed E-state index contributed by atoms with van der Waals surface area (Å²) in [7, 11) is 1.76. The zero-order chi connectivity index (χ0) is 16.1. The zero-order valence-corrected chi connectivity index (χ0v) is 15.1. The van der Waals surface area contributed by atoms with Gasteiger partial charge in [-0.15, -0.1) is 0 Å². The Kier molecular flexibility index (Phi) is 5.74. The number of ether oxygens (including phenoxy) is 1. The van der Waals surface area contributed by atoms with Crippen molar-refractivity contribution in [2.45, 2.75) is 38.5 Å². The minimum atomic E-state index is 0.673. The van der Waals surface area contributed by atoms with E-state index in [9.17, 15) is 0 Å². The van der Waals surface area contributed by atoms with E-state index in [2.05, 4.69) is 46.8 Å². The molecule has 1 aliphatic rings. The Morgan fingerprint density at radius 2 is 2.22 bits per heavy atom. The number of thiophene rings is 1. The highest BCUT2D eigenvalue weighted by Gasteiger charge is 2.22. The van der Waals surface area contributed by atoms with Gasteiger partial charge in [-0.05, 0) is 83.8 Å². The first-order chi connectivity index (χ1) is 11.3. The molecule has 0 aliphatic heterocycles. The van der Waals surface area contributed by atoms with E-state index < -0.39 is 0 Å². The number of nitrogens with zero attached hydrogens (tertiary/aromatic N) is 1. The molecular formula is C20H27NOS. The van der Waals surface area contributed by atoms with E-state index in [0.29, 0.717) is 5.92 Å². The highest BCUT2D eigenvalue weighted by molar-refractivity contribution is 7.07. The second-order valence-corrected chi connectivity index (χ2v) is 7.21. The van der Waals surface area contributed by atoms with Gasteiger partial charge in [0.05, 0.1) is 7.11 Å². The lowest BCUT2D eigenvalue weighted by atomic mass is 9.82. The van der Waals surface area contributed by atoms with Crippen molar-refractivity contribution in [2.24, 2.45) is 0 Å². The van der Waals surface area contributed by atoms with Gasteiger partial charge in [0, 0.05) is 13.1 Å². The van der Waals surface area contributed by atoms with Crippen LogP contribution in [-0.2, 0) is 12.8 Å². The molecule has 1 unspecified atom stereocenters. The van der Waals surface area contributed by atoms with Gasteiger partial charge in [-0.3, -0.25) is 0 Å². The molecule has 23 heavy (non-hydrogen) atoms. The molecule has 3 rings (SSSR count). The lowest BCUT2D eigenvalue weighted by molar-refractivity contribution is 0.262. The normalized spacial score (nSPS) is 17.3. The van der Waals surface area contributed by atoms with Gasteiger partial charge < -0.3 is 9.64 Å². The second kappa shape index (κ2) is 7.98. The van der Waals surface area contributed by atoms with Gasteiger partial charge in [0.25, 0.3) is 0 Å². The van der Waals surface area contributed by atoms with Crippen molar-refractivity contribution in [3.63, 3.8) is 0 Å². The molecule has 1 aromatic carbocycles. The van der Waals surface area contributed by atoms with Crippen molar-refractivity contribution in [3.8, 4) is 5.75 Å². The number of rotatable bonds is 7. The van der Waals surface area contributed by atoms with Gasteiger partial charge in [-0.2, -0.15) is 11.3 Å². The molecule has 1 atom stereocenters. The maximum absolute atomic E-state index is 5.39. The third kappa shape index (κ3) is 4.15. The first kappa shape index (κ1) is 16.5. The molecule has 1 heterocycles. The topological polar surface area (TPSA) is 12.5 Å². The summed E-state index contributed by atoms with van der Waals surface area (Å²) in [6, 6.07) is 8.91. The van der Waals surface area contributed by atoms with Gasteiger partial charge in [0.1, 0.15) is 5.75 Å². The summed E-state index contributed by atoms with van der Waals surface area (Å²) in [6.07, 6.45) is 4.98. The Bertz CT molecular complexity index is 608. The first-order valence-corrected chi connectivity index (χ1v) is 9.64. The summed E-state index contributed by atoms with van der Waals surface area (Å²) >= 11 is 1.80. The van der Waals surface area contributed by atoms with Gasteiger partial charge >= 0.3 is 0 Å². The molecule has 0 spiro atoms. The first-order valence-electron chi connectivity index (χ1n) is 8.70. The molecule has 0 amide bonds. The molecule has 2 aromatic rings.